The summed E-state index contributed by atoms with van der Waals surface area (Å²) in [5.41, 5.74) is 0. The van der Waals surface area contributed by atoms with Crippen molar-refractivity contribution in [3.05, 3.63) is 0 Å². The lowest BCUT2D eigenvalue weighted by Crippen LogP contribution is -2.41. The van der Waals surface area contributed by atoms with Crippen molar-refractivity contribution in [3.8, 4) is 0 Å². The highest BCUT2D eigenvalue weighted by Gasteiger charge is 2.29. The highest BCUT2D eigenvalue weighted by molar-refractivity contribution is 8.03. The SMILES string of the molecule is CCOC(=O)C(CSc1nnc(SC)s1)NC1CC1. The Bertz CT molecular complexity index is 423. The average Bonchev–Trinajstić information content (AvgIpc) is 3.11. The highest BCUT2D eigenvalue weighted by Crippen LogP contribution is 2.28. The zero-order valence-electron chi connectivity index (χ0n) is 10.9. The van der Waals surface area contributed by atoms with Gasteiger partial charge in [0.1, 0.15) is 6.04 Å². The largest absolute Gasteiger partial charge is 0.465 e. The Labute approximate surface area is 125 Å². The molecule has 1 atom stereocenters. The third-order valence-electron chi connectivity index (χ3n) is 2.52. The van der Waals surface area contributed by atoms with Gasteiger partial charge in [0.2, 0.25) is 0 Å². The van der Waals surface area contributed by atoms with Gasteiger partial charge in [-0.1, -0.05) is 34.9 Å². The molecule has 0 aliphatic heterocycles. The summed E-state index contributed by atoms with van der Waals surface area (Å²) in [5.74, 6) is 0.467. The van der Waals surface area contributed by atoms with Gasteiger partial charge in [-0.05, 0) is 26.0 Å². The van der Waals surface area contributed by atoms with E-state index in [4.69, 9.17) is 4.74 Å². The van der Waals surface area contributed by atoms with Crippen LogP contribution in [-0.2, 0) is 9.53 Å². The summed E-state index contributed by atoms with van der Waals surface area (Å²) in [7, 11) is 0. The van der Waals surface area contributed by atoms with Crippen molar-refractivity contribution in [2.75, 3.05) is 18.6 Å². The van der Waals surface area contributed by atoms with Crippen LogP contribution in [-0.4, -0.2) is 46.9 Å². The molecular formula is C11H17N3O2S3. The molecule has 106 valence electrons. The van der Waals surface area contributed by atoms with Crippen LogP contribution in [0.5, 0.6) is 0 Å². The number of rotatable bonds is 8. The van der Waals surface area contributed by atoms with E-state index < -0.39 is 0 Å². The number of carbonyl (C=O) groups excluding carboxylic acids is 1. The summed E-state index contributed by atoms with van der Waals surface area (Å²) >= 11 is 4.70. The van der Waals surface area contributed by atoms with Gasteiger partial charge in [0.05, 0.1) is 6.61 Å². The maximum Gasteiger partial charge on any atom is 0.324 e. The molecule has 8 heteroatoms. The average molecular weight is 319 g/mol. The fourth-order valence-electron chi connectivity index (χ4n) is 1.45. The summed E-state index contributed by atoms with van der Waals surface area (Å²) < 4.78 is 6.94. The third-order valence-corrected chi connectivity index (χ3v) is 5.65. The van der Waals surface area contributed by atoms with Crippen molar-refractivity contribution in [2.24, 2.45) is 0 Å². The molecule has 0 bridgehead atoms. The normalized spacial score (nSPS) is 16.3. The predicted octanol–water partition coefficient (Wildman–Crippen LogP) is 2.04. The number of thioether (sulfide) groups is 2. The van der Waals surface area contributed by atoms with Crippen molar-refractivity contribution in [2.45, 2.75) is 40.5 Å². The van der Waals surface area contributed by atoms with Crippen LogP contribution in [0.4, 0.5) is 0 Å². The van der Waals surface area contributed by atoms with Gasteiger partial charge < -0.3 is 10.1 Å². The van der Waals surface area contributed by atoms with E-state index in [2.05, 4.69) is 15.5 Å². The summed E-state index contributed by atoms with van der Waals surface area (Å²) in [6.45, 7) is 2.25. The molecule has 2 rings (SSSR count). The van der Waals surface area contributed by atoms with Gasteiger partial charge >= 0.3 is 5.97 Å². The third kappa shape index (κ3) is 4.94. The minimum Gasteiger partial charge on any atom is -0.465 e. The molecule has 1 unspecified atom stereocenters. The monoisotopic (exact) mass is 319 g/mol. The fraction of sp³-hybridized carbons (Fsp3) is 0.727. The molecule has 19 heavy (non-hydrogen) atoms. The number of nitrogens with one attached hydrogen (secondary N) is 1. The van der Waals surface area contributed by atoms with Crippen LogP contribution in [0.1, 0.15) is 19.8 Å². The zero-order chi connectivity index (χ0) is 13.7. The maximum atomic E-state index is 11.9. The Morgan fingerprint density at radius 2 is 2.26 bits per heavy atom. The molecule has 1 saturated carbocycles. The van der Waals surface area contributed by atoms with Gasteiger partial charge in [0.25, 0.3) is 0 Å². The Morgan fingerprint density at radius 3 is 2.84 bits per heavy atom. The molecule has 0 spiro atoms. The van der Waals surface area contributed by atoms with E-state index >= 15 is 0 Å². The molecular weight excluding hydrogens is 302 g/mol. The van der Waals surface area contributed by atoms with E-state index in [-0.39, 0.29) is 12.0 Å². The van der Waals surface area contributed by atoms with Crippen LogP contribution in [0.15, 0.2) is 8.68 Å². The van der Waals surface area contributed by atoms with E-state index in [0.29, 0.717) is 18.4 Å². The second kappa shape index (κ2) is 7.47. The van der Waals surface area contributed by atoms with Gasteiger partial charge in [-0.2, -0.15) is 0 Å². The van der Waals surface area contributed by atoms with E-state index in [1.807, 2.05) is 13.2 Å². The minimum atomic E-state index is -0.251. The van der Waals surface area contributed by atoms with E-state index in [9.17, 15) is 4.79 Å². The standard InChI is InChI=1S/C11H17N3O2S3/c1-3-16-9(15)8(12-7-4-5-7)6-18-11-14-13-10(17-2)19-11/h7-8,12H,3-6H2,1-2H3. The van der Waals surface area contributed by atoms with Crippen LogP contribution >= 0.6 is 34.9 Å². The number of carbonyl (C=O) groups is 1. The Morgan fingerprint density at radius 1 is 1.53 bits per heavy atom. The van der Waals surface area contributed by atoms with Gasteiger partial charge in [-0.3, -0.25) is 4.79 Å². The lowest BCUT2D eigenvalue weighted by Gasteiger charge is -2.15. The second-order valence-corrected chi connectivity index (χ2v) is 7.39. The summed E-state index contributed by atoms with van der Waals surface area (Å²) in [4.78, 5) is 11.9. The molecule has 1 aliphatic carbocycles. The fourth-order valence-corrected chi connectivity index (χ4v) is 3.93. The molecule has 1 aromatic heterocycles. The van der Waals surface area contributed by atoms with Crippen LogP contribution < -0.4 is 5.32 Å². The molecule has 0 aromatic carbocycles. The summed E-state index contributed by atoms with van der Waals surface area (Å²) in [5, 5.41) is 11.5. The first-order valence-electron chi connectivity index (χ1n) is 6.16. The highest BCUT2D eigenvalue weighted by atomic mass is 32.2. The molecule has 1 aromatic rings. The molecule has 0 amide bonds. The van der Waals surface area contributed by atoms with Crippen LogP contribution in [0.2, 0.25) is 0 Å². The number of esters is 1. The molecule has 1 N–H and O–H groups in total. The number of aromatic nitrogens is 2. The van der Waals surface area contributed by atoms with Gasteiger partial charge in [-0.15, -0.1) is 10.2 Å². The minimum absolute atomic E-state index is 0.170. The zero-order valence-corrected chi connectivity index (χ0v) is 13.4. The number of ether oxygens (including phenoxy) is 1. The van der Waals surface area contributed by atoms with Crippen molar-refractivity contribution in [3.63, 3.8) is 0 Å². The molecule has 5 nitrogen and oxygen atoms in total. The summed E-state index contributed by atoms with van der Waals surface area (Å²) in [6, 6.07) is 0.227. The first-order chi connectivity index (χ1) is 9.22. The molecule has 0 saturated heterocycles. The van der Waals surface area contributed by atoms with Crippen molar-refractivity contribution >= 4 is 40.8 Å². The van der Waals surface area contributed by atoms with Gasteiger partial charge in [0, 0.05) is 11.8 Å². The molecule has 0 radical (unpaired) electrons. The molecule has 1 fully saturated rings. The van der Waals surface area contributed by atoms with Crippen molar-refractivity contribution < 1.29 is 9.53 Å². The second-order valence-electron chi connectivity index (χ2n) is 4.09. The van der Waals surface area contributed by atoms with Gasteiger partial charge in [0.15, 0.2) is 8.68 Å². The first kappa shape index (κ1) is 15.1. The quantitative estimate of drug-likeness (QED) is 0.581. The van der Waals surface area contributed by atoms with Gasteiger partial charge in [-0.25, -0.2) is 0 Å². The van der Waals surface area contributed by atoms with Crippen LogP contribution in [0, 0.1) is 0 Å². The topological polar surface area (TPSA) is 64.1 Å². The molecule has 1 heterocycles. The lowest BCUT2D eigenvalue weighted by atomic mass is 10.3. The summed E-state index contributed by atoms with van der Waals surface area (Å²) in [6.07, 6.45) is 4.27. The van der Waals surface area contributed by atoms with Crippen LogP contribution in [0.3, 0.4) is 0 Å². The Hall–Kier alpha value is -0.310. The lowest BCUT2D eigenvalue weighted by molar-refractivity contribution is -0.145. The smallest absolute Gasteiger partial charge is 0.324 e. The number of hydrogen-bond acceptors (Lipinski definition) is 8. The Kier molecular flexibility index (Phi) is 5.93. The maximum absolute atomic E-state index is 11.9. The Balaban J connectivity index is 1.85. The van der Waals surface area contributed by atoms with E-state index in [0.717, 1.165) is 21.5 Å². The predicted molar refractivity (Wildman–Crippen MR) is 79.0 cm³/mol. The van der Waals surface area contributed by atoms with E-state index in [1.165, 1.54) is 0 Å². The van der Waals surface area contributed by atoms with Crippen LogP contribution in [0.25, 0.3) is 0 Å². The molecule has 1 aliphatic rings. The van der Waals surface area contributed by atoms with E-state index in [1.54, 1.807) is 34.9 Å². The van der Waals surface area contributed by atoms with Crippen molar-refractivity contribution in [1.82, 2.24) is 15.5 Å². The first-order valence-corrected chi connectivity index (χ1v) is 9.18. The number of nitrogens with zero attached hydrogens (tertiary/aromatic N) is 2. The van der Waals surface area contributed by atoms with Crippen molar-refractivity contribution in [1.29, 1.82) is 0 Å². The number of hydrogen-bond donors (Lipinski definition) is 1.